The number of aliphatic carboxylic acids is 3. The van der Waals surface area contributed by atoms with Gasteiger partial charge in [0.2, 0.25) is 12.0 Å². The molecule has 0 aromatic rings. The third-order valence-electron chi connectivity index (χ3n) is 3.47. The summed E-state index contributed by atoms with van der Waals surface area (Å²) >= 11 is 0. The molecule has 0 saturated heterocycles. The van der Waals surface area contributed by atoms with E-state index >= 15 is 0 Å². The van der Waals surface area contributed by atoms with Crippen molar-refractivity contribution in [2.24, 2.45) is 0 Å². The van der Waals surface area contributed by atoms with Gasteiger partial charge >= 0.3 is 24.0 Å². The Balaban J connectivity index is 4.34. The molecule has 11 heteroatoms. The van der Waals surface area contributed by atoms with Gasteiger partial charge < -0.3 is 30.7 Å². The van der Waals surface area contributed by atoms with Gasteiger partial charge in [0.05, 0.1) is 0 Å². The van der Waals surface area contributed by atoms with E-state index in [1.54, 1.807) is 0 Å². The molecule has 0 radical (unpaired) electrons. The SMILES string of the molecule is C#CCCC(=O)NCCCCC(NC(=O)OC(CCC(=O)O)C(=O)O)C(=O)O. The second-order valence-corrected chi connectivity index (χ2v) is 5.75. The second-order valence-electron chi connectivity index (χ2n) is 5.75. The molecule has 0 aliphatic carbocycles. The summed E-state index contributed by atoms with van der Waals surface area (Å²) in [5.74, 6) is -2.01. The van der Waals surface area contributed by atoms with Gasteiger partial charge in [0.1, 0.15) is 6.04 Å². The first-order valence-corrected chi connectivity index (χ1v) is 8.52. The average Bonchev–Trinajstić information content (AvgIpc) is 2.61. The Morgan fingerprint density at radius 1 is 0.964 bits per heavy atom. The topological polar surface area (TPSA) is 179 Å². The van der Waals surface area contributed by atoms with Crippen LogP contribution in [0.5, 0.6) is 0 Å². The van der Waals surface area contributed by atoms with Crippen LogP contribution >= 0.6 is 0 Å². The van der Waals surface area contributed by atoms with Crippen LogP contribution in [0.25, 0.3) is 0 Å². The van der Waals surface area contributed by atoms with Crippen molar-refractivity contribution < 1.29 is 44.0 Å². The maximum Gasteiger partial charge on any atom is 0.408 e. The number of unbranched alkanes of at least 4 members (excludes halogenated alkanes) is 1. The minimum atomic E-state index is -1.70. The van der Waals surface area contributed by atoms with Crippen molar-refractivity contribution in [2.75, 3.05) is 6.54 Å². The fourth-order valence-electron chi connectivity index (χ4n) is 2.03. The highest BCUT2D eigenvalue weighted by Gasteiger charge is 2.26. The van der Waals surface area contributed by atoms with Crippen molar-refractivity contribution in [3.63, 3.8) is 0 Å². The van der Waals surface area contributed by atoms with Gasteiger partial charge in [-0.2, -0.15) is 0 Å². The molecule has 0 aromatic carbocycles. The Labute approximate surface area is 161 Å². The fraction of sp³-hybridized carbons (Fsp3) is 0.588. The van der Waals surface area contributed by atoms with Crippen LogP contribution in [0.3, 0.4) is 0 Å². The van der Waals surface area contributed by atoms with Gasteiger partial charge in [0.15, 0.2) is 0 Å². The first-order chi connectivity index (χ1) is 13.2. The maximum atomic E-state index is 11.7. The molecule has 2 unspecified atom stereocenters. The standard InChI is InChI=1S/C17H24N2O9/c1-2-3-7-13(20)18-10-5-4-6-11(15(23)24)19-17(27)28-12(16(25)26)8-9-14(21)22/h1,11-12H,3-10H2,(H,18,20)(H,19,27)(H,21,22)(H,23,24)(H,25,26). The van der Waals surface area contributed by atoms with Crippen molar-refractivity contribution >= 4 is 29.9 Å². The number of hydrogen-bond donors (Lipinski definition) is 5. The molecule has 0 aromatic heterocycles. The molecule has 0 aliphatic heterocycles. The van der Waals surface area contributed by atoms with E-state index in [9.17, 15) is 24.0 Å². The second kappa shape index (κ2) is 13.9. The fourth-order valence-corrected chi connectivity index (χ4v) is 2.03. The Morgan fingerprint density at radius 2 is 1.64 bits per heavy atom. The number of rotatable bonds is 14. The van der Waals surface area contributed by atoms with Gasteiger partial charge in [-0.05, 0) is 19.3 Å². The van der Waals surface area contributed by atoms with Crippen molar-refractivity contribution in [2.45, 2.75) is 57.1 Å². The third-order valence-corrected chi connectivity index (χ3v) is 3.47. The largest absolute Gasteiger partial charge is 0.481 e. The molecule has 156 valence electrons. The van der Waals surface area contributed by atoms with E-state index < -0.39 is 49.0 Å². The highest BCUT2D eigenvalue weighted by Crippen LogP contribution is 2.06. The number of terminal acetylenes is 1. The Kier molecular flexibility index (Phi) is 12.2. The molecule has 0 fully saturated rings. The van der Waals surface area contributed by atoms with Crippen LogP contribution in [0.4, 0.5) is 4.79 Å². The number of hydrogen-bond acceptors (Lipinski definition) is 6. The number of ether oxygens (including phenoxy) is 1. The molecule has 0 saturated carbocycles. The first-order valence-electron chi connectivity index (χ1n) is 8.52. The van der Waals surface area contributed by atoms with Gasteiger partial charge in [0, 0.05) is 32.2 Å². The normalized spacial score (nSPS) is 12.1. The summed E-state index contributed by atoms with van der Waals surface area (Å²) in [6.45, 7) is 0.316. The van der Waals surface area contributed by atoms with Gasteiger partial charge in [-0.15, -0.1) is 12.3 Å². The van der Waals surface area contributed by atoms with Crippen LogP contribution < -0.4 is 10.6 Å². The third kappa shape index (κ3) is 12.1. The molecule has 0 aliphatic rings. The van der Waals surface area contributed by atoms with Crippen LogP contribution in [0, 0.1) is 12.3 Å². The van der Waals surface area contributed by atoms with E-state index in [-0.39, 0.29) is 18.7 Å². The predicted molar refractivity (Wildman–Crippen MR) is 94.3 cm³/mol. The Hall–Kier alpha value is -3.29. The van der Waals surface area contributed by atoms with Crippen LogP contribution in [-0.2, 0) is 23.9 Å². The maximum absolute atomic E-state index is 11.7. The molecular formula is C17H24N2O9. The smallest absolute Gasteiger partial charge is 0.408 e. The predicted octanol–water partition coefficient (Wildman–Crippen LogP) is 0.184. The molecule has 5 N–H and O–H groups in total. The lowest BCUT2D eigenvalue weighted by Crippen LogP contribution is -2.43. The van der Waals surface area contributed by atoms with Crippen LogP contribution in [0.1, 0.15) is 44.9 Å². The summed E-state index contributed by atoms with van der Waals surface area (Å²) in [6.07, 6.45) is 2.45. The van der Waals surface area contributed by atoms with Crippen molar-refractivity contribution in [1.82, 2.24) is 10.6 Å². The van der Waals surface area contributed by atoms with E-state index in [2.05, 4.69) is 16.0 Å². The molecule has 28 heavy (non-hydrogen) atoms. The number of carboxylic acid groups (broad SMARTS) is 3. The zero-order valence-electron chi connectivity index (χ0n) is 15.2. The van der Waals surface area contributed by atoms with Crippen LogP contribution in [0.15, 0.2) is 0 Å². The molecule has 0 bridgehead atoms. The highest BCUT2D eigenvalue weighted by atomic mass is 16.6. The number of carboxylic acids is 3. The van der Waals surface area contributed by atoms with Crippen molar-refractivity contribution in [3.05, 3.63) is 0 Å². The quantitative estimate of drug-likeness (QED) is 0.201. The minimum Gasteiger partial charge on any atom is -0.481 e. The van der Waals surface area contributed by atoms with Crippen molar-refractivity contribution in [3.8, 4) is 12.3 Å². The monoisotopic (exact) mass is 400 g/mol. The van der Waals surface area contributed by atoms with E-state index in [0.717, 1.165) is 0 Å². The van der Waals surface area contributed by atoms with Gasteiger partial charge in [-0.3, -0.25) is 9.59 Å². The zero-order chi connectivity index (χ0) is 21.5. The first kappa shape index (κ1) is 24.7. The Morgan fingerprint density at radius 3 is 2.18 bits per heavy atom. The Bertz CT molecular complexity index is 612. The average molecular weight is 400 g/mol. The number of carbonyl (C=O) groups excluding carboxylic acids is 2. The molecule has 0 spiro atoms. The number of amides is 2. The van der Waals surface area contributed by atoms with E-state index in [1.807, 2.05) is 5.32 Å². The zero-order valence-corrected chi connectivity index (χ0v) is 15.2. The summed E-state index contributed by atoms with van der Waals surface area (Å²) in [4.78, 5) is 55.7. The lowest BCUT2D eigenvalue weighted by atomic mass is 10.1. The summed E-state index contributed by atoms with van der Waals surface area (Å²) < 4.78 is 4.59. The summed E-state index contributed by atoms with van der Waals surface area (Å²) in [6, 6.07) is -1.32. The molecule has 0 rings (SSSR count). The van der Waals surface area contributed by atoms with Gasteiger partial charge in [0.25, 0.3) is 0 Å². The minimum absolute atomic E-state index is 0.0253. The number of carbonyl (C=O) groups is 5. The molecule has 2 atom stereocenters. The number of nitrogens with one attached hydrogen (secondary N) is 2. The highest BCUT2D eigenvalue weighted by molar-refractivity contribution is 5.82. The van der Waals surface area contributed by atoms with Crippen molar-refractivity contribution in [1.29, 1.82) is 0 Å². The summed E-state index contributed by atoms with van der Waals surface area (Å²) in [5, 5.41) is 31.3. The lowest BCUT2D eigenvalue weighted by Gasteiger charge is -2.17. The summed E-state index contributed by atoms with van der Waals surface area (Å²) in [5.41, 5.74) is 0. The van der Waals surface area contributed by atoms with Crippen LogP contribution in [-0.4, -0.2) is 63.9 Å². The van der Waals surface area contributed by atoms with Gasteiger partial charge in [-0.25, -0.2) is 14.4 Å². The molecule has 11 nitrogen and oxygen atoms in total. The van der Waals surface area contributed by atoms with E-state index in [4.69, 9.17) is 21.7 Å². The summed E-state index contributed by atoms with van der Waals surface area (Å²) in [7, 11) is 0. The lowest BCUT2D eigenvalue weighted by molar-refractivity contribution is -0.148. The molecule has 2 amide bonds. The van der Waals surface area contributed by atoms with Gasteiger partial charge in [-0.1, -0.05) is 0 Å². The van der Waals surface area contributed by atoms with Crippen LogP contribution in [0.2, 0.25) is 0 Å². The number of alkyl carbamates (subject to hydrolysis) is 1. The van der Waals surface area contributed by atoms with E-state index in [0.29, 0.717) is 25.8 Å². The molecular weight excluding hydrogens is 376 g/mol. The molecule has 0 heterocycles. The van der Waals surface area contributed by atoms with E-state index in [1.165, 1.54) is 0 Å².